The third kappa shape index (κ3) is 4.43. The molecule has 0 saturated carbocycles. The van der Waals surface area contributed by atoms with Gasteiger partial charge in [0.15, 0.2) is 0 Å². The molecule has 2 amide bonds. The van der Waals surface area contributed by atoms with Gasteiger partial charge >= 0.3 is 6.03 Å². The minimum absolute atomic E-state index is 0.0386. The van der Waals surface area contributed by atoms with Crippen LogP contribution in [0, 0.1) is 13.8 Å². The zero-order valence-corrected chi connectivity index (χ0v) is 14.3. The third-order valence-electron chi connectivity index (χ3n) is 3.57. The van der Waals surface area contributed by atoms with Crippen LogP contribution in [0.25, 0.3) is 11.5 Å². The summed E-state index contributed by atoms with van der Waals surface area (Å²) in [7, 11) is 0. The predicted molar refractivity (Wildman–Crippen MR) is 93.1 cm³/mol. The quantitative estimate of drug-likeness (QED) is 0.662. The number of H-pyrrole nitrogens is 1. The number of rotatable bonds is 5. The highest BCUT2D eigenvalue weighted by molar-refractivity contribution is 5.89. The van der Waals surface area contributed by atoms with Crippen molar-refractivity contribution in [2.75, 3.05) is 5.32 Å². The maximum absolute atomic E-state index is 12.1. The van der Waals surface area contributed by atoms with E-state index >= 15 is 0 Å². The number of carbonyl (C=O) groups excluding carboxylic acids is 1. The fraction of sp³-hybridized carbons (Fsp3) is 0.294. The first kappa shape index (κ1) is 16.7. The molecule has 0 aliphatic heterocycles. The van der Waals surface area contributed by atoms with Gasteiger partial charge in [-0.25, -0.2) is 4.79 Å². The van der Waals surface area contributed by atoms with E-state index in [1.807, 2.05) is 32.0 Å². The predicted octanol–water partition coefficient (Wildman–Crippen LogP) is 2.83. The number of urea groups is 1. The van der Waals surface area contributed by atoms with Gasteiger partial charge in [-0.1, -0.05) is 0 Å². The lowest BCUT2D eigenvalue weighted by Gasteiger charge is -2.13. The number of amides is 2. The molecule has 0 unspecified atom stereocenters. The number of hydrogen-bond donors (Lipinski definition) is 3. The van der Waals surface area contributed by atoms with Gasteiger partial charge in [0.05, 0.1) is 5.69 Å². The van der Waals surface area contributed by atoms with Crippen LogP contribution >= 0.6 is 0 Å². The summed E-state index contributed by atoms with van der Waals surface area (Å²) in [6.07, 6.45) is 0.660. The Hall–Kier alpha value is -3.16. The monoisotopic (exact) mass is 340 g/mol. The summed E-state index contributed by atoms with van der Waals surface area (Å²) in [5.41, 5.74) is 3.40. The maximum Gasteiger partial charge on any atom is 0.319 e. The lowest BCUT2D eigenvalue weighted by atomic mass is 10.2. The molecular weight excluding hydrogens is 320 g/mol. The van der Waals surface area contributed by atoms with Crippen molar-refractivity contribution in [3.8, 4) is 11.5 Å². The van der Waals surface area contributed by atoms with E-state index in [2.05, 4.69) is 31.0 Å². The Kier molecular flexibility index (Phi) is 4.78. The first-order chi connectivity index (χ1) is 12.0. The van der Waals surface area contributed by atoms with E-state index in [4.69, 9.17) is 4.42 Å². The molecule has 130 valence electrons. The van der Waals surface area contributed by atoms with Crippen LogP contribution in [-0.2, 0) is 6.42 Å². The van der Waals surface area contributed by atoms with E-state index in [9.17, 15) is 4.79 Å². The SMILES string of the molecule is Cc1cc(C[C@H](C)NC(=O)Nc2ccc(-c3nnc(C)o3)cc2)n[nH]1. The van der Waals surface area contributed by atoms with Crippen LogP contribution in [-0.4, -0.2) is 32.5 Å². The molecule has 3 N–H and O–H groups in total. The summed E-state index contributed by atoms with van der Waals surface area (Å²) >= 11 is 0. The number of aryl methyl sites for hydroxylation is 2. The Morgan fingerprint density at radius 1 is 1.24 bits per heavy atom. The van der Waals surface area contributed by atoms with Crippen LogP contribution in [0.15, 0.2) is 34.7 Å². The topological polar surface area (TPSA) is 109 Å². The van der Waals surface area contributed by atoms with Crippen LogP contribution < -0.4 is 10.6 Å². The number of aromatic amines is 1. The van der Waals surface area contributed by atoms with Gasteiger partial charge in [0.2, 0.25) is 11.8 Å². The summed E-state index contributed by atoms with van der Waals surface area (Å²) < 4.78 is 5.37. The zero-order chi connectivity index (χ0) is 17.8. The highest BCUT2D eigenvalue weighted by Crippen LogP contribution is 2.20. The lowest BCUT2D eigenvalue weighted by molar-refractivity contribution is 0.249. The average Bonchev–Trinajstić information content (AvgIpc) is 3.16. The Morgan fingerprint density at radius 2 is 2.00 bits per heavy atom. The number of aromatic nitrogens is 4. The molecule has 1 aromatic carbocycles. The van der Waals surface area contributed by atoms with Gasteiger partial charge in [0.25, 0.3) is 0 Å². The summed E-state index contributed by atoms with van der Waals surface area (Å²) in [5.74, 6) is 0.967. The van der Waals surface area contributed by atoms with Crippen molar-refractivity contribution in [1.82, 2.24) is 25.7 Å². The fourth-order valence-electron chi connectivity index (χ4n) is 2.44. The highest BCUT2D eigenvalue weighted by atomic mass is 16.4. The second-order valence-corrected chi connectivity index (χ2v) is 5.95. The molecule has 8 heteroatoms. The second kappa shape index (κ2) is 7.16. The van der Waals surface area contributed by atoms with E-state index in [0.29, 0.717) is 23.9 Å². The van der Waals surface area contributed by atoms with Crippen molar-refractivity contribution in [3.63, 3.8) is 0 Å². The molecule has 0 saturated heterocycles. The molecule has 0 bridgehead atoms. The van der Waals surface area contributed by atoms with E-state index in [1.54, 1.807) is 19.1 Å². The normalized spacial score (nSPS) is 12.0. The Labute approximate surface area is 145 Å². The van der Waals surface area contributed by atoms with Crippen molar-refractivity contribution in [2.24, 2.45) is 0 Å². The van der Waals surface area contributed by atoms with Crippen LogP contribution in [0.3, 0.4) is 0 Å². The van der Waals surface area contributed by atoms with Crippen molar-refractivity contribution in [3.05, 3.63) is 47.6 Å². The van der Waals surface area contributed by atoms with Crippen LogP contribution in [0.5, 0.6) is 0 Å². The first-order valence-corrected chi connectivity index (χ1v) is 7.98. The van der Waals surface area contributed by atoms with Crippen molar-refractivity contribution < 1.29 is 9.21 Å². The molecule has 2 aromatic heterocycles. The minimum Gasteiger partial charge on any atom is -0.421 e. The molecular formula is C17H20N6O2. The Balaban J connectivity index is 1.53. The minimum atomic E-state index is -0.263. The van der Waals surface area contributed by atoms with Crippen molar-refractivity contribution in [1.29, 1.82) is 0 Å². The molecule has 3 rings (SSSR count). The molecule has 25 heavy (non-hydrogen) atoms. The number of anilines is 1. The maximum atomic E-state index is 12.1. The Morgan fingerprint density at radius 3 is 2.60 bits per heavy atom. The van der Waals surface area contributed by atoms with Gasteiger partial charge in [-0.05, 0) is 44.2 Å². The molecule has 1 atom stereocenters. The van der Waals surface area contributed by atoms with E-state index in [1.165, 1.54) is 0 Å². The highest BCUT2D eigenvalue weighted by Gasteiger charge is 2.11. The van der Waals surface area contributed by atoms with Gasteiger partial charge in [0, 0.05) is 36.3 Å². The zero-order valence-electron chi connectivity index (χ0n) is 14.3. The average molecular weight is 340 g/mol. The van der Waals surface area contributed by atoms with E-state index < -0.39 is 0 Å². The van der Waals surface area contributed by atoms with Crippen LogP contribution in [0.4, 0.5) is 10.5 Å². The van der Waals surface area contributed by atoms with Gasteiger partial charge < -0.3 is 15.1 Å². The van der Waals surface area contributed by atoms with Gasteiger partial charge in [-0.15, -0.1) is 10.2 Å². The third-order valence-corrected chi connectivity index (χ3v) is 3.57. The first-order valence-electron chi connectivity index (χ1n) is 7.98. The largest absolute Gasteiger partial charge is 0.421 e. The lowest BCUT2D eigenvalue weighted by Crippen LogP contribution is -2.37. The molecule has 0 spiro atoms. The van der Waals surface area contributed by atoms with Crippen LogP contribution in [0.1, 0.15) is 24.2 Å². The van der Waals surface area contributed by atoms with E-state index in [-0.39, 0.29) is 12.1 Å². The summed E-state index contributed by atoms with van der Waals surface area (Å²) in [4.78, 5) is 12.1. The van der Waals surface area contributed by atoms with E-state index in [0.717, 1.165) is 17.0 Å². The Bertz CT molecular complexity index is 852. The molecule has 0 fully saturated rings. The van der Waals surface area contributed by atoms with Gasteiger partial charge in [0.1, 0.15) is 0 Å². The molecule has 2 heterocycles. The second-order valence-electron chi connectivity index (χ2n) is 5.95. The summed E-state index contributed by atoms with van der Waals surface area (Å²) in [5, 5.41) is 20.5. The van der Waals surface area contributed by atoms with Crippen LogP contribution in [0.2, 0.25) is 0 Å². The number of nitrogens with zero attached hydrogens (tertiary/aromatic N) is 3. The molecule has 0 radical (unpaired) electrons. The smallest absolute Gasteiger partial charge is 0.319 e. The van der Waals surface area contributed by atoms with Gasteiger partial charge in [-0.3, -0.25) is 5.10 Å². The molecule has 0 aliphatic rings. The molecule has 8 nitrogen and oxygen atoms in total. The number of hydrogen-bond acceptors (Lipinski definition) is 5. The fourth-order valence-corrected chi connectivity index (χ4v) is 2.44. The van der Waals surface area contributed by atoms with Gasteiger partial charge in [-0.2, -0.15) is 5.10 Å². The van der Waals surface area contributed by atoms with Crippen molar-refractivity contribution >= 4 is 11.7 Å². The van der Waals surface area contributed by atoms with Crippen molar-refractivity contribution in [2.45, 2.75) is 33.2 Å². The number of nitrogens with one attached hydrogen (secondary N) is 3. The summed E-state index contributed by atoms with van der Waals surface area (Å²) in [6.45, 7) is 5.62. The molecule has 0 aliphatic carbocycles. The number of carbonyl (C=O) groups is 1. The summed E-state index contributed by atoms with van der Waals surface area (Å²) in [6, 6.07) is 8.88. The molecule has 3 aromatic rings. The standard InChI is InChI=1S/C17H20N6O2/c1-10(8-15-9-11(2)20-22-15)18-17(24)19-14-6-4-13(5-7-14)16-23-21-12(3)25-16/h4-7,9-10H,8H2,1-3H3,(H,20,22)(H2,18,19,24)/t10-/m0/s1. The number of benzene rings is 1.